The molecule has 0 aliphatic heterocycles. The highest BCUT2D eigenvalue weighted by atomic mass is 16.5. The zero-order chi connectivity index (χ0) is 15.2. The Balaban J connectivity index is 2.53. The lowest BCUT2D eigenvalue weighted by Crippen LogP contribution is -2.37. The van der Waals surface area contributed by atoms with Crippen LogP contribution in [0.15, 0.2) is 24.3 Å². The van der Waals surface area contributed by atoms with Gasteiger partial charge in [0, 0.05) is 13.2 Å². The highest BCUT2D eigenvalue weighted by molar-refractivity contribution is 5.80. The molecule has 1 atom stereocenters. The zero-order valence-corrected chi connectivity index (χ0v) is 12.8. The van der Waals surface area contributed by atoms with E-state index in [1.165, 1.54) is 5.56 Å². The number of amides is 1. The van der Waals surface area contributed by atoms with Gasteiger partial charge in [0.1, 0.15) is 5.75 Å². The van der Waals surface area contributed by atoms with Gasteiger partial charge >= 0.3 is 0 Å². The number of benzene rings is 1. The molecule has 0 aliphatic rings. The number of hydrogen-bond acceptors (Lipinski definition) is 3. The van der Waals surface area contributed by atoms with Gasteiger partial charge in [-0.1, -0.05) is 32.9 Å². The minimum atomic E-state index is -0.547. The molecule has 0 aromatic heterocycles. The molecular formula is C16H25NO3. The van der Waals surface area contributed by atoms with Crippen molar-refractivity contribution in [1.29, 1.82) is 0 Å². The van der Waals surface area contributed by atoms with Crippen LogP contribution in [-0.4, -0.2) is 30.3 Å². The van der Waals surface area contributed by atoms with Crippen LogP contribution in [0.3, 0.4) is 0 Å². The van der Waals surface area contributed by atoms with E-state index in [2.05, 4.69) is 26.1 Å². The van der Waals surface area contributed by atoms with E-state index >= 15 is 0 Å². The first-order chi connectivity index (χ1) is 9.34. The molecule has 1 aromatic carbocycles. The zero-order valence-electron chi connectivity index (χ0n) is 12.8. The summed E-state index contributed by atoms with van der Waals surface area (Å²) in [6, 6.07) is 7.81. The number of aliphatic hydroxyl groups excluding tert-OH is 1. The lowest BCUT2D eigenvalue weighted by molar-refractivity contribution is -0.127. The Labute approximate surface area is 121 Å². The molecule has 0 aliphatic carbocycles. The predicted molar refractivity (Wildman–Crippen MR) is 79.9 cm³/mol. The summed E-state index contributed by atoms with van der Waals surface area (Å²) in [5.41, 5.74) is 1.33. The van der Waals surface area contributed by atoms with Crippen LogP contribution in [0.1, 0.15) is 39.7 Å². The number of carbonyl (C=O) groups excluding carboxylic acids is 1. The molecule has 0 fully saturated rings. The van der Waals surface area contributed by atoms with Crippen LogP contribution >= 0.6 is 0 Å². The minimum Gasteiger partial charge on any atom is -0.481 e. The summed E-state index contributed by atoms with van der Waals surface area (Å²) in [7, 11) is 0. The molecule has 0 spiro atoms. The normalized spacial score (nSPS) is 12.8. The van der Waals surface area contributed by atoms with Crippen LogP contribution in [0.4, 0.5) is 0 Å². The second-order valence-corrected chi connectivity index (χ2v) is 5.90. The van der Waals surface area contributed by atoms with E-state index in [0.717, 1.165) is 0 Å². The third kappa shape index (κ3) is 5.21. The fraction of sp³-hybridized carbons (Fsp3) is 0.562. The molecule has 1 aromatic rings. The molecule has 0 bridgehead atoms. The van der Waals surface area contributed by atoms with Crippen LogP contribution in [0.2, 0.25) is 0 Å². The third-order valence-corrected chi connectivity index (χ3v) is 3.04. The highest BCUT2D eigenvalue weighted by Crippen LogP contribution is 2.24. The maximum Gasteiger partial charge on any atom is 0.260 e. The van der Waals surface area contributed by atoms with Crippen LogP contribution in [0, 0.1) is 0 Å². The Kier molecular flexibility index (Phi) is 6.02. The van der Waals surface area contributed by atoms with Crippen LogP contribution in [0.25, 0.3) is 0 Å². The van der Waals surface area contributed by atoms with Crippen molar-refractivity contribution in [3.63, 3.8) is 0 Å². The Morgan fingerprint density at radius 2 is 1.90 bits per heavy atom. The van der Waals surface area contributed by atoms with Gasteiger partial charge in [0.25, 0.3) is 5.91 Å². The van der Waals surface area contributed by atoms with E-state index in [9.17, 15) is 4.79 Å². The third-order valence-electron chi connectivity index (χ3n) is 3.04. The molecule has 0 heterocycles. The van der Waals surface area contributed by atoms with Gasteiger partial charge in [-0.15, -0.1) is 0 Å². The van der Waals surface area contributed by atoms with Gasteiger partial charge in [0.2, 0.25) is 0 Å². The monoisotopic (exact) mass is 279 g/mol. The summed E-state index contributed by atoms with van der Waals surface area (Å²) in [4.78, 5) is 11.7. The van der Waals surface area contributed by atoms with E-state index < -0.39 is 6.10 Å². The molecule has 112 valence electrons. The first-order valence-corrected chi connectivity index (χ1v) is 7.00. The molecule has 0 radical (unpaired) electrons. The van der Waals surface area contributed by atoms with Gasteiger partial charge in [-0.2, -0.15) is 0 Å². The summed E-state index contributed by atoms with van der Waals surface area (Å²) in [5.74, 6) is 0.515. The molecule has 4 nitrogen and oxygen atoms in total. The number of hydrogen-bond donors (Lipinski definition) is 2. The first kappa shape index (κ1) is 16.5. The standard InChI is InChI=1S/C16H25NO3/c1-12(15(19)17-10-5-11-18)20-14-8-6-13(7-9-14)16(2,3)4/h6-9,12,18H,5,10-11H2,1-4H3,(H,17,19). The van der Waals surface area contributed by atoms with Crippen molar-refractivity contribution in [1.82, 2.24) is 5.32 Å². The number of carbonyl (C=O) groups is 1. The van der Waals surface area contributed by atoms with Gasteiger partial charge in [0.15, 0.2) is 6.10 Å². The lowest BCUT2D eigenvalue weighted by Gasteiger charge is -2.20. The summed E-state index contributed by atoms with van der Waals surface area (Å²) in [5, 5.41) is 11.4. The van der Waals surface area contributed by atoms with Gasteiger partial charge in [0.05, 0.1) is 0 Å². The number of rotatable bonds is 6. The van der Waals surface area contributed by atoms with Crippen LogP contribution < -0.4 is 10.1 Å². The number of nitrogens with one attached hydrogen (secondary N) is 1. The SMILES string of the molecule is CC(Oc1ccc(C(C)(C)C)cc1)C(=O)NCCCO. The fourth-order valence-electron chi connectivity index (χ4n) is 1.73. The topological polar surface area (TPSA) is 58.6 Å². The van der Waals surface area contributed by atoms with Crippen molar-refractivity contribution >= 4 is 5.91 Å². The maximum atomic E-state index is 11.7. The molecule has 20 heavy (non-hydrogen) atoms. The summed E-state index contributed by atoms with van der Waals surface area (Å²) < 4.78 is 5.60. The smallest absolute Gasteiger partial charge is 0.260 e. The van der Waals surface area contributed by atoms with Crippen LogP contribution in [0.5, 0.6) is 5.75 Å². The fourth-order valence-corrected chi connectivity index (χ4v) is 1.73. The largest absolute Gasteiger partial charge is 0.481 e. The summed E-state index contributed by atoms with van der Waals surface area (Å²) in [6.07, 6.45) is 0.00725. The maximum absolute atomic E-state index is 11.7. The Hall–Kier alpha value is -1.55. The predicted octanol–water partition coefficient (Wildman–Crippen LogP) is 2.25. The Bertz CT molecular complexity index is 420. The number of aliphatic hydroxyl groups is 1. The average molecular weight is 279 g/mol. The average Bonchev–Trinajstić information content (AvgIpc) is 2.38. The van der Waals surface area contributed by atoms with Gasteiger partial charge < -0.3 is 15.2 Å². The molecule has 1 amide bonds. The highest BCUT2D eigenvalue weighted by Gasteiger charge is 2.16. The molecule has 2 N–H and O–H groups in total. The van der Waals surface area contributed by atoms with E-state index in [0.29, 0.717) is 18.7 Å². The Morgan fingerprint density at radius 3 is 2.40 bits per heavy atom. The van der Waals surface area contributed by atoms with Gasteiger partial charge in [-0.25, -0.2) is 0 Å². The second kappa shape index (κ2) is 7.29. The van der Waals surface area contributed by atoms with E-state index in [1.54, 1.807) is 6.92 Å². The van der Waals surface area contributed by atoms with E-state index in [-0.39, 0.29) is 17.9 Å². The lowest BCUT2D eigenvalue weighted by atomic mass is 9.87. The molecule has 0 saturated heterocycles. The molecule has 0 saturated carbocycles. The van der Waals surface area contributed by atoms with Crippen molar-refractivity contribution < 1.29 is 14.6 Å². The van der Waals surface area contributed by atoms with Crippen molar-refractivity contribution in [3.05, 3.63) is 29.8 Å². The summed E-state index contributed by atoms with van der Waals surface area (Å²) >= 11 is 0. The van der Waals surface area contributed by atoms with Gasteiger partial charge in [-0.3, -0.25) is 4.79 Å². The Morgan fingerprint density at radius 1 is 1.30 bits per heavy atom. The minimum absolute atomic E-state index is 0.0732. The second-order valence-electron chi connectivity index (χ2n) is 5.90. The van der Waals surface area contributed by atoms with E-state index in [1.807, 2.05) is 24.3 Å². The first-order valence-electron chi connectivity index (χ1n) is 7.00. The molecule has 1 unspecified atom stereocenters. The van der Waals surface area contributed by atoms with Crippen molar-refractivity contribution in [3.8, 4) is 5.75 Å². The molecule has 1 rings (SSSR count). The van der Waals surface area contributed by atoms with Gasteiger partial charge in [-0.05, 0) is 36.5 Å². The van der Waals surface area contributed by atoms with Crippen molar-refractivity contribution in [2.75, 3.05) is 13.2 Å². The van der Waals surface area contributed by atoms with Crippen molar-refractivity contribution in [2.24, 2.45) is 0 Å². The van der Waals surface area contributed by atoms with E-state index in [4.69, 9.17) is 9.84 Å². The van der Waals surface area contributed by atoms with Crippen LogP contribution in [-0.2, 0) is 10.2 Å². The number of ether oxygens (including phenoxy) is 1. The van der Waals surface area contributed by atoms with Crippen molar-refractivity contribution in [2.45, 2.75) is 45.6 Å². The quantitative estimate of drug-likeness (QED) is 0.785. The summed E-state index contributed by atoms with van der Waals surface area (Å²) in [6.45, 7) is 8.71. The molecule has 4 heteroatoms. The molecular weight excluding hydrogens is 254 g/mol.